The minimum atomic E-state index is -0.828. The second-order valence-electron chi connectivity index (χ2n) is 5.45. The summed E-state index contributed by atoms with van der Waals surface area (Å²) in [5, 5.41) is 14.1. The molecule has 118 valence electrons. The topological polar surface area (TPSA) is 95.5 Å². The number of aliphatic carboxylic acids is 1. The maximum absolute atomic E-state index is 12.0. The van der Waals surface area contributed by atoms with Gasteiger partial charge in [0, 0.05) is 30.1 Å². The Balaban J connectivity index is 1.79. The van der Waals surface area contributed by atoms with E-state index in [2.05, 4.69) is 10.6 Å². The van der Waals surface area contributed by atoms with Crippen LogP contribution in [-0.2, 0) is 9.59 Å². The van der Waals surface area contributed by atoms with Crippen LogP contribution < -0.4 is 10.6 Å². The van der Waals surface area contributed by atoms with Gasteiger partial charge in [0.25, 0.3) is 5.91 Å². The van der Waals surface area contributed by atoms with Crippen molar-refractivity contribution >= 4 is 23.5 Å². The summed E-state index contributed by atoms with van der Waals surface area (Å²) in [7, 11) is 0. The Hall–Kier alpha value is -2.37. The maximum Gasteiger partial charge on any atom is 0.303 e. The van der Waals surface area contributed by atoms with Crippen LogP contribution in [-0.4, -0.2) is 29.4 Å². The molecule has 22 heavy (non-hydrogen) atoms. The van der Waals surface area contributed by atoms with Crippen LogP contribution in [0.4, 0.5) is 5.69 Å². The Morgan fingerprint density at radius 1 is 1.18 bits per heavy atom. The Kier molecular flexibility index (Phi) is 5.52. The summed E-state index contributed by atoms with van der Waals surface area (Å²) in [6.45, 7) is 0.435. The molecule has 6 nitrogen and oxygen atoms in total. The number of carboxylic acids is 1. The number of amides is 2. The van der Waals surface area contributed by atoms with Gasteiger partial charge in [-0.1, -0.05) is 6.07 Å². The zero-order chi connectivity index (χ0) is 15.9. The monoisotopic (exact) mass is 304 g/mol. The number of carbonyl (C=O) groups excluding carboxylic acids is 2. The van der Waals surface area contributed by atoms with Crippen molar-refractivity contribution in [3.05, 3.63) is 29.8 Å². The molecule has 1 saturated carbocycles. The van der Waals surface area contributed by atoms with E-state index in [1.165, 1.54) is 0 Å². The smallest absolute Gasteiger partial charge is 0.303 e. The number of hydrogen-bond donors (Lipinski definition) is 3. The van der Waals surface area contributed by atoms with Crippen LogP contribution >= 0.6 is 0 Å². The maximum atomic E-state index is 12.0. The molecule has 3 N–H and O–H groups in total. The molecule has 0 aromatic heterocycles. The highest BCUT2D eigenvalue weighted by atomic mass is 16.4. The van der Waals surface area contributed by atoms with Crippen molar-refractivity contribution < 1.29 is 19.5 Å². The zero-order valence-corrected chi connectivity index (χ0v) is 12.3. The molecule has 1 aliphatic carbocycles. The molecule has 0 radical (unpaired) electrons. The molecule has 0 saturated heterocycles. The van der Waals surface area contributed by atoms with Crippen molar-refractivity contribution in [1.29, 1.82) is 0 Å². The molecule has 2 rings (SSSR count). The number of anilines is 1. The first-order chi connectivity index (χ1) is 10.6. The number of carbonyl (C=O) groups is 3. The van der Waals surface area contributed by atoms with Gasteiger partial charge in [-0.3, -0.25) is 14.4 Å². The molecule has 0 aliphatic heterocycles. The number of unbranched alkanes of at least 4 members (excludes halogenated alkanes) is 1. The van der Waals surface area contributed by atoms with Crippen LogP contribution in [0.3, 0.4) is 0 Å². The van der Waals surface area contributed by atoms with Crippen molar-refractivity contribution in [2.24, 2.45) is 5.92 Å². The first kappa shape index (κ1) is 16.0. The van der Waals surface area contributed by atoms with E-state index in [0.717, 1.165) is 12.8 Å². The third kappa shape index (κ3) is 5.20. The van der Waals surface area contributed by atoms with Gasteiger partial charge in [0.15, 0.2) is 0 Å². The van der Waals surface area contributed by atoms with Gasteiger partial charge in [0.05, 0.1) is 0 Å². The summed E-state index contributed by atoms with van der Waals surface area (Å²) >= 11 is 0. The van der Waals surface area contributed by atoms with E-state index in [-0.39, 0.29) is 24.2 Å². The van der Waals surface area contributed by atoms with E-state index in [4.69, 9.17) is 5.11 Å². The van der Waals surface area contributed by atoms with Gasteiger partial charge in [0.2, 0.25) is 5.91 Å². The van der Waals surface area contributed by atoms with E-state index < -0.39 is 5.97 Å². The van der Waals surface area contributed by atoms with Crippen molar-refractivity contribution in [2.75, 3.05) is 11.9 Å². The van der Waals surface area contributed by atoms with Crippen LogP contribution in [0.15, 0.2) is 24.3 Å². The summed E-state index contributed by atoms with van der Waals surface area (Å²) in [5.74, 6) is -0.929. The number of benzene rings is 1. The third-order valence-corrected chi connectivity index (χ3v) is 3.44. The quantitative estimate of drug-likeness (QED) is 0.640. The molecule has 1 aromatic rings. The van der Waals surface area contributed by atoms with Gasteiger partial charge in [-0.2, -0.15) is 0 Å². The van der Waals surface area contributed by atoms with Crippen LogP contribution in [0, 0.1) is 5.92 Å². The van der Waals surface area contributed by atoms with Crippen molar-refractivity contribution in [3.8, 4) is 0 Å². The summed E-state index contributed by atoms with van der Waals surface area (Å²) in [6, 6.07) is 6.80. The highest BCUT2D eigenvalue weighted by Gasteiger charge is 2.29. The lowest BCUT2D eigenvalue weighted by molar-refractivity contribution is -0.137. The molecule has 1 fully saturated rings. The van der Waals surface area contributed by atoms with Gasteiger partial charge in [-0.05, 0) is 43.9 Å². The lowest BCUT2D eigenvalue weighted by atomic mass is 10.1. The van der Waals surface area contributed by atoms with Crippen molar-refractivity contribution in [3.63, 3.8) is 0 Å². The average molecular weight is 304 g/mol. The first-order valence-corrected chi connectivity index (χ1v) is 7.47. The zero-order valence-electron chi connectivity index (χ0n) is 12.3. The lowest BCUT2D eigenvalue weighted by Gasteiger charge is -2.08. The Labute approximate surface area is 128 Å². The van der Waals surface area contributed by atoms with Crippen LogP contribution in [0.2, 0.25) is 0 Å². The normalized spacial score (nSPS) is 13.5. The van der Waals surface area contributed by atoms with E-state index in [1.54, 1.807) is 24.3 Å². The summed E-state index contributed by atoms with van der Waals surface area (Å²) < 4.78 is 0. The van der Waals surface area contributed by atoms with E-state index >= 15 is 0 Å². The van der Waals surface area contributed by atoms with Gasteiger partial charge in [0.1, 0.15) is 0 Å². The van der Waals surface area contributed by atoms with Crippen molar-refractivity contribution in [2.45, 2.75) is 32.1 Å². The summed E-state index contributed by atoms with van der Waals surface area (Å²) in [4.78, 5) is 34.1. The molecule has 0 unspecified atom stereocenters. The fourth-order valence-electron chi connectivity index (χ4n) is 2.03. The number of hydrogen-bond acceptors (Lipinski definition) is 3. The molecular formula is C16H20N2O4. The van der Waals surface area contributed by atoms with Gasteiger partial charge >= 0.3 is 5.97 Å². The minimum absolute atomic E-state index is 0.00577. The number of nitrogens with one attached hydrogen (secondary N) is 2. The molecule has 6 heteroatoms. The Bertz CT molecular complexity index is 567. The lowest BCUT2D eigenvalue weighted by Crippen LogP contribution is -2.24. The fourth-order valence-corrected chi connectivity index (χ4v) is 2.03. The molecule has 0 bridgehead atoms. The van der Waals surface area contributed by atoms with Gasteiger partial charge in [-0.15, -0.1) is 0 Å². The molecule has 2 amide bonds. The predicted molar refractivity (Wildman–Crippen MR) is 81.6 cm³/mol. The van der Waals surface area contributed by atoms with E-state index in [0.29, 0.717) is 30.6 Å². The largest absolute Gasteiger partial charge is 0.481 e. The van der Waals surface area contributed by atoms with Crippen LogP contribution in [0.25, 0.3) is 0 Å². The SMILES string of the molecule is O=C(O)CCCCNC(=O)c1cccc(NC(=O)C2CC2)c1. The number of carboxylic acid groups (broad SMARTS) is 1. The molecule has 0 heterocycles. The molecule has 0 spiro atoms. The Morgan fingerprint density at radius 3 is 2.64 bits per heavy atom. The Morgan fingerprint density at radius 2 is 1.95 bits per heavy atom. The molecular weight excluding hydrogens is 284 g/mol. The molecule has 0 atom stereocenters. The second-order valence-corrected chi connectivity index (χ2v) is 5.45. The van der Waals surface area contributed by atoms with E-state index in [9.17, 15) is 14.4 Å². The first-order valence-electron chi connectivity index (χ1n) is 7.47. The standard InChI is InChI=1S/C16H20N2O4/c19-14(20)6-1-2-9-17-15(21)12-4-3-5-13(10-12)18-16(22)11-7-8-11/h3-5,10-11H,1-2,6-9H2,(H,17,21)(H,18,22)(H,19,20). The van der Waals surface area contributed by atoms with Crippen LogP contribution in [0.5, 0.6) is 0 Å². The predicted octanol–water partition coefficient (Wildman–Crippen LogP) is 2.02. The van der Waals surface area contributed by atoms with Crippen molar-refractivity contribution in [1.82, 2.24) is 5.32 Å². The summed E-state index contributed by atoms with van der Waals surface area (Å²) in [5.41, 5.74) is 1.10. The third-order valence-electron chi connectivity index (χ3n) is 3.44. The van der Waals surface area contributed by atoms with Crippen LogP contribution in [0.1, 0.15) is 42.5 Å². The van der Waals surface area contributed by atoms with Gasteiger partial charge in [-0.25, -0.2) is 0 Å². The highest BCUT2D eigenvalue weighted by molar-refractivity contribution is 5.98. The average Bonchev–Trinajstić information content (AvgIpc) is 3.31. The highest BCUT2D eigenvalue weighted by Crippen LogP contribution is 2.30. The number of rotatable bonds is 8. The molecule has 1 aliphatic rings. The van der Waals surface area contributed by atoms with Gasteiger partial charge < -0.3 is 15.7 Å². The minimum Gasteiger partial charge on any atom is -0.481 e. The fraction of sp³-hybridized carbons (Fsp3) is 0.438. The van der Waals surface area contributed by atoms with E-state index in [1.807, 2.05) is 0 Å². The second kappa shape index (κ2) is 7.59. The molecule has 1 aromatic carbocycles. The summed E-state index contributed by atoms with van der Waals surface area (Å²) in [6.07, 6.45) is 3.13.